The van der Waals surface area contributed by atoms with E-state index in [0.717, 1.165) is 38.2 Å². The molecular weight excluding hydrogens is 356 g/mol. The van der Waals surface area contributed by atoms with Crippen molar-refractivity contribution in [1.29, 1.82) is 0 Å². The molecule has 7 heteroatoms. The number of anilines is 1. The fourth-order valence-corrected chi connectivity index (χ4v) is 5.37. The molecular formula is C18H20N2O3S2. The molecule has 0 amide bonds. The molecule has 0 aliphatic heterocycles. The van der Waals surface area contributed by atoms with Crippen molar-refractivity contribution in [2.45, 2.75) is 39.1 Å². The van der Waals surface area contributed by atoms with Crippen LogP contribution in [0.3, 0.4) is 0 Å². The number of hydrogen-bond donors (Lipinski definition) is 1. The number of rotatable bonds is 4. The number of hydrogen-bond acceptors (Lipinski definition) is 4. The topological polar surface area (TPSA) is 68.2 Å². The quantitative estimate of drug-likeness (QED) is 0.753. The van der Waals surface area contributed by atoms with Gasteiger partial charge in [0.05, 0.1) is 20.8 Å². The average Bonchev–Trinajstić information content (AvgIpc) is 2.84. The predicted molar refractivity (Wildman–Crippen MR) is 103 cm³/mol. The molecule has 0 saturated carbocycles. The molecule has 0 radical (unpaired) electrons. The summed E-state index contributed by atoms with van der Waals surface area (Å²) in [6, 6.07) is 8.82. The second-order valence-corrected chi connectivity index (χ2v) is 8.75. The Morgan fingerprint density at radius 3 is 2.52 bits per heavy atom. The van der Waals surface area contributed by atoms with Gasteiger partial charge < -0.3 is 0 Å². The van der Waals surface area contributed by atoms with Gasteiger partial charge >= 0.3 is 4.87 Å². The highest BCUT2D eigenvalue weighted by Gasteiger charge is 2.19. The van der Waals surface area contributed by atoms with Gasteiger partial charge in [0.25, 0.3) is 10.0 Å². The SMILES string of the molecule is CCn1c(=O)sc2cc(NS(=O)(=O)c3cc(C)cc(C)c3C)ccc21. The molecule has 0 aliphatic rings. The van der Waals surface area contributed by atoms with Gasteiger partial charge in [0.15, 0.2) is 0 Å². The van der Waals surface area contributed by atoms with Crippen LogP contribution in [0, 0.1) is 20.8 Å². The Hall–Kier alpha value is -2.12. The van der Waals surface area contributed by atoms with Crippen LogP contribution in [-0.4, -0.2) is 13.0 Å². The van der Waals surface area contributed by atoms with Crippen LogP contribution in [-0.2, 0) is 16.6 Å². The third-order valence-corrected chi connectivity index (χ3v) is 6.74. The number of sulfonamides is 1. The molecule has 1 N–H and O–H groups in total. The summed E-state index contributed by atoms with van der Waals surface area (Å²) in [6.07, 6.45) is 0. The van der Waals surface area contributed by atoms with E-state index in [1.54, 1.807) is 35.8 Å². The lowest BCUT2D eigenvalue weighted by Crippen LogP contribution is -2.15. The van der Waals surface area contributed by atoms with Crippen molar-refractivity contribution in [2.24, 2.45) is 0 Å². The van der Waals surface area contributed by atoms with Crippen LogP contribution in [0.1, 0.15) is 23.6 Å². The van der Waals surface area contributed by atoms with Crippen molar-refractivity contribution in [2.75, 3.05) is 4.72 Å². The van der Waals surface area contributed by atoms with Gasteiger partial charge in [-0.3, -0.25) is 14.1 Å². The number of fused-ring (bicyclic) bond motifs is 1. The lowest BCUT2D eigenvalue weighted by atomic mass is 10.1. The minimum Gasteiger partial charge on any atom is -0.299 e. The summed E-state index contributed by atoms with van der Waals surface area (Å²) in [4.78, 5) is 12.2. The first-order valence-electron chi connectivity index (χ1n) is 7.97. The predicted octanol–water partition coefficient (Wildman–Crippen LogP) is 3.81. The molecule has 132 valence electrons. The monoisotopic (exact) mass is 376 g/mol. The lowest BCUT2D eigenvalue weighted by molar-refractivity contribution is 0.600. The van der Waals surface area contributed by atoms with Gasteiger partial charge in [0, 0.05) is 6.54 Å². The zero-order valence-corrected chi connectivity index (χ0v) is 16.2. The van der Waals surface area contributed by atoms with Crippen LogP contribution in [0.2, 0.25) is 0 Å². The number of nitrogens with zero attached hydrogens (tertiary/aromatic N) is 1. The summed E-state index contributed by atoms with van der Waals surface area (Å²) in [5, 5.41) is 0. The summed E-state index contributed by atoms with van der Waals surface area (Å²) in [5.41, 5.74) is 3.85. The maximum Gasteiger partial charge on any atom is 0.308 e. The van der Waals surface area contributed by atoms with E-state index >= 15 is 0 Å². The van der Waals surface area contributed by atoms with Crippen molar-refractivity contribution < 1.29 is 8.42 Å². The van der Waals surface area contributed by atoms with E-state index in [9.17, 15) is 13.2 Å². The molecule has 0 unspecified atom stereocenters. The molecule has 0 bridgehead atoms. The Bertz CT molecular complexity index is 1130. The van der Waals surface area contributed by atoms with Gasteiger partial charge in [-0.1, -0.05) is 17.4 Å². The first-order valence-corrected chi connectivity index (χ1v) is 10.3. The Morgan fingerprint density at radius 2 is 1.84 bits per heavy atom. The highest BCUT2D eigenvalue weighted by molar-refractivity contribution is 7.92. The number of nitrogens with one attached hydrogen (secondary N) is 1. The number of aromatic nitrogens is 1. The van der Waals surface area contributed by atoms with E-state index < -0.39 is 10.0 Å². The van der Waals surface area contributed by atoms with Gasteiger partial charge in [-0.05, 0) is 68.7 Å². The molecule has 5 nitrogen and oxygen atoms in total. The Morgan fingerprint density at radius 1 is 1.12 bits per heavy atom. The zero-order valence-electron chi connectivity index (χ0n) is 14.6. The summed E-state index contributed by atoms with van der Waals surface area (Å²) in [6.45, 7) is 8.08. The lowest BCUT2D eigenvalue weighted by Gasteiger charge is -2.13. The molecule has 0 atom stereocenters. The largest absolute Gasteiger partial charge is 0.308 e. The van der Waals surface area contributed by atoms with Crippen molar-refractivity contribution in [3.63, 3.8) is 0 Å². The van der Waals surface area contributed by atoms with Crippen LogP contribution in [0.4, 0.5) is 5.69 Å². The summed E-state index contributed by atoms with van der Waals surface area (Å²) in [5.74, 6) is 0. The van der Waals surface area contributed by atoms with E-state index in [0.29, 0.717) is 12.2 Å². The minimum absolute atomic E-state index is 0.0392. The molecule has 2 aromatic carbocycles. The second kappa shape index (κ2) is 6.31. The standard InChI is InChI=1S/C18H20N2O3S2/c1-5-20-15-7-6-14(10-16(15)24-18(20)21)19-25(22,23)17-9-11(2)8-12(3)13(17)4/h6-10,19H,5H2,1-4H3. The third kappa shape index (κ3) is 3.21. The molecule has 0 aliphatic carbocycles. The van der Waals surface area contributed by atoms with Crippen molar-refractivity contribution >= 4 is 37.3 Å². The van der Waals surface area contributed by atoms with Crippen LogP contribution < -0.4 is 9.60 Å². The fraction of sp³-hybridized carbons (Fsp3) is 0.278. The van der Waals surface area contributed by atoms with Gasteiger partial charge in [0.1, 0.15) is 0 Å². The smallest absolute Gasteiger partial charge is 0.299 e. The highest BCUT2D eigenvalue weighted by atomic mass is 32.2. The van der Waals surface area contributed by atoms with E-state index in [2.05, 4.69) is 4.72 Å². The van der Waals surface area contributed by atoms with Gasteiger partial charge in [-0.2, -0.15) is 0 Å². The van der Waals surface area contributed by atoms with E-state index in [4.69, 9.17) is 0 Å². The minimum atomic E-state index is -3.70. The van der Waals surface area contributed by atoms with Crippen LogP contribution in [0.5, 0.6) is 0 Å². The molecule has 0 saturated heterocycles. The van der Waals surface area contributed by atoms with Gasteiger partial charge in [0.2, 0.25) is 0 Å². The normalized spacial score (nSPS) is 11.8. The molecule has 3 aromatic rings. The van der Waals surface area contributed by atoms with Crippen molar-refractivity contribution in [3.05, 3.63) is 56.7 Å². The highest BCUT2D eigenvalue weighted by Crippen LogP contribution is 2.26. The number of benzene rings is 2. The molecule has 0 spiro atoms. The van der Waals surface area contributed by atoms with Gasteiger partial charge in [-0.15, -0.1) is 0 Å². The van der Waals surface area contributed by atoms with Crippen molar-refractivity contribution in [1.82, 2.24) is 4.57 Å². The van der Waals surface area contributed by atoms with E-state index in [1.807, 2.05) is 26.8 Å². The molecule has 0 fully saturated rings. The third-order valence-electron chi connectivity index (χ3n) is 4.29. The first-order chi connectivity index (χ1) is 11.7. The fourth-order valence-electron chi connectivity index (χ4n) is 2.92. The Kier molecular flexibility index (Phi) is 4.47. The molecule has 1 aromatic heterocycles. The summed E-state index contributed by atoms with van der Waals surface area (Å²) >= 11 is 1.12. The molecule has 1 heterocycles. The maximum atomic E-state index is 12.8. The summed E-state index contributed by atoms with van der Waals surface area (Å²) in [7, 11) is -3.70. The summed E-state index contributed by atoms with van der Waals surface area (Å²) < 4.78 is 30.7. The average molecular weight is 377 g/mol. The molecule has 3 rings (SSSR count). The maximum absolute atomic E-state index is 12.8. The number of thiazole rings is 1. The van der Waals surface area contributed by atoms with Gasteiger partial charge in [-0.25, -0.2) is 8.42 Å². The van der Waals surface area contributed by atoms with E-state index in [1.165, 1.54) is 0 Å². The van der Waals surface area contributed by atoms with Crippen LogP contribution >= 0.6 is 11.3 Å². The zero-order chi connectivity index (χ0) is 18.4. The first kappa shape index (κ1) is 17.7. The number of aryl methyl sites for hydroxylation is 3. The Labute approximate surface area is 151 Å². The van der Waals surface area contributed by atoms with Crippen LogP contribution in [0.15, 0.2) is 40.0 Å². The van der Waals surface area contributed by atoms with Crippen LogP contribution in [0.25, 0.3) is 10.2 Å². The second-order valence-electron chi connectivity index (χ2n) is 6.11. The van der Waals surface area contributed by atoms with Crippen molar-refractivity contribution in [3.8, 4) is 0 Å². The van der Waals surface area contributed by atoms with E-state index in [-0.39, 0.29) is 9.77 Å². The Balaban J connectivity index is 2.04. The molecule has 25 heavy (non-hydrogen) atoms.